The van der Waals surface area contributed by atoms with Crippen LogP contribution in [0.1, 0.15) is 26.7 Å². The SMILES string of the molecule is Cc1ccc([C@H](Sc2ccccc2N)[C@@H]2COc3ccccc3C2=O)cc1. The van der Waals surface area contributed by atoms with Gasteiger partial charge in [0.1, 0.15) is 5.75 Å². The molecular formula is C23H21NO2S. The maximum Gasteiger partial charge on any atom is 0.174 e. The van der Waals surface area contributed by atoms with Crippen LogP contribution < -0.4 is 10.5 Å². The zero-order valence-electron chi connectivity index (χ0n) is 15.1. The minimum absolute atomic E-state index is 0.0730. The van der Waals surface area contributed by atoms with Gasteiger partial charge in [0.05, 0.1) is 18.1 Å². The van der Waals surface area contributed by atoms with Crippen LogP contribution in [0.5, 0.6) is 5.75 Å². The highest BCUT2D eigenvalue weighted by atomic mass is 32.2. The summed E-state index contributed by atoms with van der Waals surface area (Å²) in [5.41, 5.74) is 9.86. The quantitative estimate of drug-likeness (QED) is 0.496. The van der Waals surface area contributed by atoms with E-state index in [-0.39, 0.29) is 17.0 Å². The molecule has 136 valence electrons. The summed E-state index contributed by atoms with van der Waals surface area (Å²) in [5, 5.41) is -0.0730. The lowest BCUT2D eigenvalue weighted by Crippen LogP contribution is -2.31. The number of nitrogen functional groups attached to an aromatic ring is 1. The second-order valence-electron chi connectivity index (χ2n) is 6.76. The summed E-state index contributed by atoms with van der Waals surface area (Å²) in [7, 11) is 0. The second kappa shape index (κ2) is 7.49. The molecule has 3 aromatic rings. The standard InChI is InChI=1S/C23H21NO2S/c1-15-10-12-16(13-11-15)23(27-21-9-5-3-7-19(21)24)18-14-26-20-8-4-2-6-17(20)22(18)25/h2-13,18,23H,14,24H2,1H3/t18-,23+/m1/s1. The molecule has 0 aromatic heterocycles. The van der Waals surface area contributed by atoms with Crippen molar-refractivity contribution in [2.45, 2.75) is 17.1 Å². The van der Waals surface area contributed by atoms with Crippen molar-refractivity contribution in [3.63, 3.8) is 0 Å². The first-order valence-electron chi connectivity index (χ1n) is 8.97. The van der Waals surface area contributed by atoms with E-state index in [4.69, 9.17) is 10.5 Å². The molecule has 1 aliphatic heterocycles. The molecule has 1 aliphatic rings. The lowest BCUT2D eigenvalue weighted by atomic mass is 9.89. The Morgan fingerprint density at radius 1 is 1.00 bits per heavy atom. The van der Waals surface area contributed by atoms with Crippen molar-refractivity contribution in [1.29, 1.82) is 0 Å². The van der Waals surface area contributed by atoms with Gasteiger partial charge in [-0.3, -0.25) is 4.79 Å². The predicted octanol–water partition coefficient (Wildman–Crippen LogP) is 5.30. The highest BCUT2D eigenvalue weighted by molar-refractivity contribution is 7.99. The van der Waals surface area contributed by atoms with Crippen LogP contribution in [-0.2, 0) is 0 Å². The summed E-state index contributed by atoms with van der Waals surface area (Å²) >= 11 is 1.63. The number of anilines is 1. The average molecular weight is 375 g/mol. The molecule has 0 radical (unpaired) electrons. The van der Waals surface area contributed by atoms with Gasteiger partial charge in [0.15, 0.2) is 5.78 Å². The summed E-state index contributed by atoms with van der Waals surface area (Å²) in [4.78, 5) is 14.2. The third-order valence-electron chi connectivity index (χ3n) is 4.85. The van der Waals surface area contributed by atoms with Crippen molar-refractivity contribution in [1.82, 2.24) is 0 Å². The fraction of sp³-hybridized carbons (Fsp3) is 0.174. The molecule has 3 nitrogen and oxygen atoms in total. The third-order valence-corrected chi connectivity index (χ3v) is 6.33. The fourth-order valence-electron chi connectivity index (χ4n) is 3.34. The molecule has 1 heterocycles. The molecular weight excluding hydrogens is 354 g/mol. The van der Waals surface area contributed by atoms with Crippen molar-refractivity contribution in [2.75, 3.05) is 12.3 Å². The number of nitrogens with two attached hydrogens (primary N) is 1. The van der Waals surface area contributed by atoms with Gasteiger partial charge < -0.3 is 10.5 Å². The molecule has 4 heteroatoms. The lowest BCUT2D eigenvalue weighted by molar-refractivity contribution is 0.0827. The number of ether oxygens (including phenoxy) is 1. The van der Waals surface area contributed by atoms with Gasteiger partial charge in [0, 0.05) is 15.8 Å². The lowest BCUT2D eigenvalue weighted by Gasteiger charge is -2.30. The minimum Gasteiger partial charge on any atom is -0.492 e. The fourth-order valence-corrected chi connectivity index (χ4v) is 4.63. The first-order valence-corrected chi connectivity index (χ1v) is 9.85. The summed E-state index contributed by atoms with van der Waals surface area (Å²) in [5.74, 6) is 0.530. The van der Waals surface area contributed by atoms with Crippen molar-refractivity contribution in [3.8, 4) is 5.75 Å². The van der Waals surface area contributed by atoms with Crippen LogP contribution >= 0.6 is 11.8 Å². The number of benzene rings is 3. The summed E-state index contributed by atoms with van der Waals surface area (Å²) in [6, 6.07) is 23.6. The van der Waals surface area contributed by atoms with E-state index in [1.165, 1.54) is 5.56 Å². The average Bonchev–Trinajstić information content (AvgIpc) is 2.69. The number of hydrogen-bond acceptors (Lipinski definition) is 4. The van der Waals surface area contributed by atoms with Crippen molar-refractivity contribution >= 4 is 23.2 Å². The molecule has 0 fully saturated rings. The van der Waals surface area contributed by atoms with E-state index in [1.54, 1.807) is 11.8 Å². The van der Waals surface area contributed by atoms with Gasteiger partial charge in [0.2, 0.25) is 0 Å². The van der Waals surface area contributed by atoms with Crippen LogP contribution in [-0.4, -0.2) is 12.4 Å². The van der Waals surface area contributed by atoms with E-state index < -0.39 is 0 Å². The Bertz CT molecular complexity index is 968. The van der Waals surface area contributed by atoms with Crippen molar-refractivity contribution < 1.29 is 9.53 Å². The molecule has 2 N–H and O–H groups in total. The largest absolute Gasteiger partial charge is 0.492 e. The van der Waals surface area contributed by atoms with E-state index in [1.807, 2.05) is 48.5 Å². The Balaban J connectivity index is 1.73. The summed E-state index contributed by atoms with van der Waals surface area (Å²) < 4.78 is 5.94. The number of Topliss-reactive ketones (excluding diaryl/α,β-unsaturated/α-hetero) is 1. The predicted molar refractivity (Wildman–Crippen MR) is 110 cm³/mol. The summed E-state index contributed by atoms with van der Waals surface area (Å²) in [6.45, 7) is 2.43. The first-order chi connectivity index (χ1) is 13.1. The normalized spacial score (nSPS) is 17.1. The Morgan fingerprint density at radius 3 is 2.48 bits per heavy atom. The smallest absolute Gasteiger partial charge is 0.174 e. The molecule has 4 rings (SSSR count). The molecule has 0 saturated heterocycles. The Labute approximate surface area is 163 Å². The monoisotopic (exact) mass is 375 g/mol. The Kier molecular flexibility index (Phi) is 4.90. The maximum absolute atomic E-state index is 13.2. The molecule has 0 spiro atoms. The maximum atomic E-state index is 13.2. The molecule has 0 saturated carbocycles. The number of fused-ring (bicyclic) bond motifs is 1. The van der Waals surface area contributed by atoms with Crippen LogP contribution in [0.15, 0.2) is 77.7 Å². The van der Waals surface area contributed by atoms with Gasteiger partial charge in [-0.15, -0.1) is 11.8 Å². The molecule has 3 aromatic carbocycles. The number of carbonyl (C=O) groups excluding carboxylic acids is 1. The highest BCUT2D eigenvalue weighted by Crippen LogP contribution is 2.46. The molecule has 0 unspecified atom stereocenters. The van der Waals surface area contributed by atoms with Crippen molar-refractivity contribution in [3.05, 3.63) is 89.5 Å². The van der Waals surface area contributed by atoms with Crippen LogP contribution in [0.2, 0.25) is 0 Å². The van der Waals surface area contributed by atoms with Gasteiger partial charge in [0.25, 0.3) is 0 Å². The first kappa shape index (κ1) is 17.7. The molecule has 0 amide bonds. The van der Waals surface area contributed by atoms with E-state index in [2.05, 4.69) is 31.2 Å². The molecule has 0 bridgehead atoms. The minimum atomic E-state index is -0.271. The topological polar surface area (TPSA) is 52.3 Å². The number of para-hydroxylation sites is 2. The second-order valence-corrected chi connectivity index (χ2v) is 7.95. The van der Waals surface area contributed by atoms with E-state index in [0.717, 1.165) is 16.1 Å². The third kappa shape index (κ3) is 3.58. The van der Waals surface area contributed by atoms with Gasteiger partial charge in [-0.05, 0) is 36.8 Å². The Morgan fingerprint density at radius 2 is 1.70 bits per heavy atom. The summed E-state index contributed by atoms with van der Waals surface area (Å²) in [6.07, 6.45) is 0. The molecule has 0 aliphatic carbocycles. The number of aryl methyl sites for hydroxylation is 1. The number of carbonyl (C=O) groups is 1. The van der Waals surface area contributed by atoms with Crippen LogP contribution in [0.4, 0.5) is 5.69 Å². The van der Waals surface area contributed by atoms with Gasteiger partial charge >= 0.3 is 0 Å². The Hall–Kier alpha value is -2.72. The zero-order chi connectivity index (χ0) is 18.8. The van der Waals surface area contributed by atoms with Crippen LogP contribution in [0.3, 0.4) is 0 Å². The van der Waals surface area contributed by atoms with Crippen LogP contribution in [0, 0.1) is 12.8 Å². The number of rotatable bonds is 4. The zero-order valence-corrected chi connectivity index (χ0v) is 15.9. The van der Waals surface area contributed by atoms with Gasteiger partial charge in [-0.1, -0.05) is 54.1 Å². The molecule has 2 atom stereocenters. The van der Waals surface area contributed by atoms with Gasteiger partial charge in [-0.2, -0.15) is 0 Å². The van der Waals surface area contributed by atoms with Gasteiger partial charge in [-0.25, -0.2) is 0 Å². The molecule has 27 heavy (non-hydrogen) atoms. The van der Waals surface area contributed by atoms with Crippen LogP contribution in [0.25, 0.3) is 0 Å². The number of thioether (sulfide) groups is 1. The highest BCUT2D eigenvalue weighted by Gasteiger charge is 2.36. The van der Waals surface area contributed by atoms with E-state index >= 15 is 0 Å². The number of ketones is 1. The van der Waals surface area contributed by atoms with E-state index in [9.17, 15) is 4.79 Å². The number of hydrogen-bond donors (Lipinski definition) is 1. The van der Waals surface area contributed by atoms with Crippen molar-refractivity contribution in [2.24, 2.45) is 5.92 Å². The van der Waals surface area contributed by atoms with E-state index in [0.29, 0.717) is 17.9 Å².